The first kappa shape index (κ1) is 10.8. The SMILES string of the molecule is Cc1oc(C)c(C(N)c2cnccn2)c1C. The van der Waals surface area contributed by atoms with E-state index in [1.165, 1.54) is 0 Å². The van der Waals surface area contributed by atoms with Crippen molar-refractivity contribution in [3.8, 4) is 0 Å². The first-order valence-electron chi connectivity index (χ1n) is 5.19. The van der Waals surface area contributed by atoms with Crippen molar-refractivity contribution in [3.05, 3.63) is 46.9 Å². The molecule has 2 heterocycles. The van der Waals surface area contributed by atoms with Crippen molar-refractivity contribution in [2.75, 3.05) is 0 Å². The largest absolute Gasteiger partial charge is 0.466 e. The number of aryl methyl sites for hydroxylation is 2. The Labute approximate surface area is 94.5 Å². The third-order valence-electron chi connectivity index (χ3n) is 2.83. The van der Waals surface area contributed by atoms with Crippen LogP contribution < -0.4 is 5.73 Å². The van der Waals surface area contributed by atoms with E-state index in [1.54, 1.807) is 18.6 Å². The molecule has 16 heavy (non-hydrogen) atoms. The average molecular weight is 217 g/mol. The van der Waals surface area contributed by atoms with Crippen LogP contribution in [0.4, 0.5) is 0 Å². The lowest BCUT2D eigenvalue weighted by Gasteiger charge is -2.10. The van der Waals surface area contributed by atoms with Gasteiger partial charge in [0.25, 0.3) is 0 Å². The quantitative estimate of drug-likeness (QED) is 0.836. The Kier molecular flexibility index (Phi) is 2.75. The lowest BCUT2D eigenvalue weighted by Crippen LogP contribution is -2.15. The van der Waals surface area contributed by atoms with Gasteiger partial charge < -0.3 is 10.2 Å². The van der Waals surface area contributed by atoms with Gasteiger partial charge >= 0.3 is 0 Å². The van der Waals surface area contributed by atoms with Crippen LogP contribution in [0.3, 0.4) is 0 Å². The Morgan fingerprint density at radius 1 is 1.19 bits per heavy atom. The summed E-state index contributed by atoms with van der Waals surface area (Å²) in [6, 6.07) is -0.272. The molecule has 2 aromatic rings. The number of hydrogen-bond donors (Lipinski definition) is 1. The number of nitrogens with zero attached hydrogens (tertiary/aromatic N) is 2. The standard InChI is InChI=1S/C12H15N3O/c1-7-8(2)16-9(3)11(7)12(13)10-6-14-4-5-15-10/h4-6,12H,13H2,1-3H3. The summed E-state index contributed by atoms with van der Waals surface area (Å²) in [7, 11) is 0. The zero-order valence-corrected chi connectivity index (χ0v) is 9.69. The van der Waals surface area contributed by atoms with Gasteiger partial charge in [-0.25, -0.2) is 0 Å². The maximum atomic E-state index is 6.17. The van der Waals surface area contributed by atoms with Crippen LogP contribution in [-0.2, 0) is 0 Å². The van der Waals surface area contributed by atoms with Crippen LogP contribution >= 0.6 is 0 Å². The van der Waals surface area contributed by atoms with E-state index < -0.39 is 0 Å². The molecular weight excluding hydrogens is 202 g/mol. The van der Waals surface area contributed by atoms with Gasteiger partial charge in [-0.15, -0.1) is 0 Å². The maximum absolute atomic E-state index is 6.17. The first-order valence-corrected chi connectivity index (χ1v) is 5.19. The summed E-state index contributed by atoms with van der Waals surface area (Å²) in [6.07, 6.45) is 4.97. The van der Waals surface area contributed by atoms with Gasteiger partial charge in [0.1, 0.15) is 11.5 Å². The minimum absolute atomic E-state index is 0.272. The Hall–Kier alpha value is -1.68. The van der Waals surface area contributed by atoms with Crippen LogP contribution in [0.15, 0.2) is 23.0 Å². The lowest BCUT2D eigenvalue weighted by atomic mass is 10.0. The van der Waals surface area contributed by atoms with Crippen molar-refractivity contribution >= 4 is 0 Å². The summed E-state index contributed by atoms with van der Waals surface area (Å²) in [5.41, 5.74) is 9.03. The Morgan fingerprint density at radius 2 is 1.94 bits per heavy atom. The van der Waals surface area contributed by atoms with E-state index in [2.05, 4.69) is 9.97 Å². The average Bonchev–Trinajstić information content (AvgIpc) is 2.54. The molecule has 1 unspecified atom stereocenters. The van der Waals surface area contributed by atoms with Gasteiger partial charge in [-0.2, -0.15) is 0 Å². The fourth-order valence-corrected chi connectivity index (χ4v) is 1.89. The Morgan fingerprint density at radius 3 is 2.44 bits per heavy atom. The predicted molar refractivity (Wildman–Crippen MR) is 61.0 cm³/mol. The van der Waals surface area contributed by atoms with E-state index in [0.29, 0.717) is 0 Å². The van der Waals surface area contributed by atoms with Crippen LogP contribution in [0, 0.1) is 20.8 Å². The minimum Gasteiger partial charge on any atom is -0.466 e. The molecule has 0 aromatic carbocycles. The third-order valence-corrected chi connectivity index (χ3v) is 2.83. The fourth-order valence-electron chi connectivity index (χ4n) is 1.89. The van der Waals surface area contributed by atoms with E-state index in [9.17, 15) is 0 Å². The van der Waals surface area contributed by atoms with Gasteiger partial charge in [-0.05, 0) is 26.3 Å². The molecule has 0 fully saturated rings. The minimum atomic E-state index is -0.272. The summed E-state index contributed by atoms with van der Waals surface area (Å²) in [4.78, 5) is 8.24. The summed E-state index contributed by atoms with van der Waals surface area (Å²) in [6.45, 7) is 5.87. The molecule has 0 aliphatic heterocycles. The van der Waals surface area contributed by atoms with E-state index >= 15 is 0 Å². The second kappa shape index (κ2) is 4.06. The van der Waals surface area contributed by atoms with E-state index in [0.717, 1.165) is 28.3 Å². The van der Waals surface area contributed by atoms with Gasteiger partial charge in [-0.1, -0.05) is 0 Å². The van der Waals surface area contributed by atoms with Crippen LogP contribution in [0.2, 0.25) is 0 Å². The second-order valence-electron chi connectivity index (χ2n) is 3.86. The molecule has 4 nitrogen and oxygen atoms in total. The highest BCUT2D eigenvalue weighted by Crippen LogP contribution is 2.28. The Bertz CT molecular complexity index is 490. The van der Waals surface area contributed by atoms with E-state index in [4.69, 9.17) is 10.2 Å². The fraction of sp³-hybridized carbons (Fsp3) is 0.333. The van der Waals surface area contributed by atoms with Gasteiger partial charge in [0.15, 0.2) is 0 Å². The summed E-state index contributed by atoms with van der Waals surface area (Å²) < 4.78 is 5.56. The van der Waals surface area contributed by atoms with Crippen LogP contribution in [0.5, 0.6) is 0 Å². The number of rotatable bonds is 2. The van der Waals surface area contributed by atoms with Gasteiger partial charge in [0.2, 0.25) is 0 Å². The van der Waals surface area contributed by atoms with E-state index in [1.807, 2.05) is 20.8 Å². The molecule has 84 valence electrons. The number of nitrogens with two attached hydrogens (primary N) is 1. The second-order valence-corrected chi connectivity index (χ2v) is 3.86. The molecule has 0 saturated heterocycles. The normalized spacial score (nSPS) is 12.8. The lowest BCUT2D eigenvalue weighted by molar-refractivity contribution is 0.498. The van der Waals surface area contributed by atoms with Gasteiger partial charge in [0, 0.05) is 18.0 Å². The highest BCUT2D eigenvalue weighted by molar-refractivity contribution is 5.37. The molecule has 4 heteroatoms. The zero-order valence-electron chi connectivity index (χ0n) is 9.69. The molecule has 2 aromatic heterocycles. The van der Waals surface area contributed by atoms with Crippen LogP contribution in [0.25, 0.3) is 0 Å². The monoisotopic (exact) mass is 217 g/mol. The summed E-state index contributed by atoms with van der Waals surface area (Å²) in [5, 5.41) is 0. The van der Waals surface area contributed by atoms with E-state index in [-0.39, 0.29) is 6.04 Å². The van der Waals surface area contributed by atoms with Gasteiger partial charge in [0.05, 0.1) is 17.9 Å². The summed E-state index contributed by atoms with van der Waals surface area (Å²) in [5.74, 6) is 1.76. The molecule has 1 atom stereocenters. The number of hydrogen-bond acceptors (Lipinski definition) is 4. The number of aromatic nitrogens is 2. The zero-order chi connectivity index (χ0) is 11.7. The molecule has 0 bridgehead atoms. The topological polar surface area (TPSA) is 64.9 Å². The third kappa shape index (κ3) is 1.72. The van der Waals surface area contributed by atoms with Crippen molar-refractivity contribution < 1.29 is 4.42 Å². The molecule has 2 N–H and O–H groups in total. The Balaban J connectivity index is 2.45. The molecule has 0 aliphatic carbocycles. The first-order chi connectivity index (χ1) is 7.61. The van der Waals surface area contributed by atoms with Crippen LogP contribution in [-0.4, -0.2) is 9.97 Å². The van der Waals surface area contributed by atoms with Crippen molar-refractivity contribution in [3.63, 3.8) is 0 Å². The molecule has 0 radical (unpaired) electrons. The molecule has 0 saturated carbocycles. The maximum Gasteiger partial charge on any atom is 0.106 e. The van der Waals surface area contributed by atoms with Crippen LogP contribution in [0.1, 0.15) is 34.4 Å². The highest BCUT2D eigenvalue weighted by atomic mass is 16.3. The van der Waals surface area contributed by atoms with Crippen molar-refractivity contribution in [1.29, 1.82) is 0 Å². The van der Waals surface area contributed by atoms with Crippen molar-refractivity contribution in [1.82, 2.24) is 9.97 Å². The van der Waals surface area contributed by atoms with Crippen molar-refractivity contribution in [2.24, 2.45) is 5.73 Å². The molecule has 0 aliphatic rings. The smallest absolute Gasteiger partial charge is 0.106 e. The molecule has 0 spiro atoms. The molecule has 2 rings (SSSR count). The summed E-state index contributed by atoms with van der Waals surface area (Å²) >= 11 is 0. The highest BCUT2D eigenvalue weighted by Gasteiger charge is 2.20. The molecule has 0 amide bonds. The van der Waals surface area contributed by atoms with Crippen molar-refractivity contribution in [2.45, 2.75) is 26.8 Å². The number of furan rings is 1. The van der Waals surface area contributed by atoms with Gasteiger partial charge in [-0.3, -0.25) is 9.97 Å². The predicted octanol–water partition coefficient (Wildman–Crippen LogP) is 2.04. The molecular formula is C12H15N3O.